The maximum atomic E-state index is 11.9. The van der Waals surface area contributed by atoms with Crippen LogP contribution in [0.1, 0.15) is 13.8 Å². The Kier molecular flexibility index (Phi) is 7.05. The summed E-state index contributed by atoms with van der Waals surface area (Å²) in [4.78, 5) is 46.7. The fraction of sp³-hybridized carbons (Fsp3) is 0.636. The average molecular weight is 288 g/mol. The SMILES string of the molecule is CC(C)NC(=O)CN(C)C(=O)N(CC(N)=O)CC(=O)O. The molecule has 0 aliphatic heterocycles. The van der Waals surface area contributed by atoms with Gasteiger partial charge in [-0.05, 0) is 13.8 Å². The van der Waals surface area contributed by atoms with Crippen LogP contribution in [-0.2, 0) is 14.4 Å². The Morgan fingerprint density at radius 2 is 1.70 bits per heavy atom. The highest BCUT2D eigenvalue weighted by atomic mass is 16.4. The summed E-state index contributed by atoms with van der Waals surface area (Å²) in [5, 5.41) is 11.3. The lowest BCUT2D eigenvalue weighted by Gasteiger charge is -2.25. The standard InChI is InChI=1S/C11H20N4O5/c1-7(2)13-9(17)5-14(3)11(20)15(4-8(12)16)6-10(18)19/h7H,4-6H2,1-3H3,(H2,12,16)(H,13,17)(H,18,19). The highest BCUT2D eigenvalue weighted by Crippen LogP contribution is 1.97. The summed E-state index contributed by atoms with van der Waals surface area (Å²) in [6.07, 6.45) is 0. The second kappa shape index (κ2) is 7.97. The molecule has 0 aliphatic rings. The predicted molar refractivity (Wildman–Crippen MR) is 69.7 cm³/mol. The van der Waals surface area contributed by atoms with Crippen LogP contribution in [0.4, 0.5) is 4.79 Å². The van der Waals surface area contributed by atoms with Crippen molar-refractivity contribution in [3.05, 3.63) is 0 Å². The summed E-state index contributed by atoms with van der Waals surface area (Å²) in [6.45, 7) is 2.10. The summed E-state index contributed by atoms with van der Waals surface area (Å²) >= 11 is 0. The van der Waals surface area contributed by atoms with Crippen LogP contribution in [0.25, 0.3) is 0 Å². The van der Waals surface area contributed by atoms with E-state index in [9.17, 15) is 19.2 Å². The van der Waals surface area contributed by atoms with Gasteiger partial charge in [-0.15, -0.1) is 0 Å². The van der Waals surface area contributed by atoms with Crippen molar-refractivity contribution >= 4 is 23.8 Å². The summed E-state index contributed by atoms with van der Waals surface area (Å²) in [5.74, 6) is -2.50. The summed E-state index contributed by atoms with van der Waals surface area (Å²) < 4.78 is 0. The number of rotatable bonds is 7. The molecule has 0 bridgehead atoms. The molecule has 0 aliphatic carbocycles. The molecule has 0 fully saturated rings. The number of carbonyl (C=O) groups excluding carboxylic acids is 3. The van der Waals surface area contributed by atoms with Gasteiger partial charge >= 0.3 is 12.0 Å². The Balaban J connectivity index is 4.66. The molecule has 0 rings (SSSR count). The van der Waals surface area contributed by atoms with Gasteiger partial charge in [0.25, 0.3) is 0 Å². The quantitative estimate of drug-likeness (QED) is 0.520. The number of nitrogens with zero attached hydrogens (tertiary/aromatic N) is 2. The number of carboxylic acids is 1. The molecule has 0 aromatic carbocycles. The van der Waals surface area contributed by atoms with Gasteiger partial charge in [0.05, 0.1) is 0 Å². The van der Waals surface area contributed by atoms with E-state index in [0.29, 0.717) is 0 Å². The van der Waals surface area contributed by atoms with Gasteiger partial charge < -0.3 is 26.0 Å². The Labute approximate surface area is 116 Å². The van der Waals surface area contributed by atoms with Crippen LogP contribution in [0.5, 0.6) is 0 Å². The van der Waals surface area contributed by atoms with E-state index in [1.54, 1.807) is 13.8 Å². The molecule has 0 aromatic rings. The second-order valence-electron chi connectivity index (χ2n) is 4.58. The van der Waals surface area contributed by atoms with Crippen molar-refractivity contribution in [1.82, 2.24) is 15.1 Å². The maximum Gasteiger partial charge on any atom is 0.323 e. The first-order valence-electron chi connectivity index (χ1n) is 5.93. The van der Waals surface area contributed by atoms with Crippen molar-refractivity contribution in [3.63, 3.8) is 0 Å². The minimum atomic E-state index is -1.28. The molecule has 4 amide bonds. The van der Waals surface area contributed by atoms with E-state index in [2.05, 4.69) is 5.32 Å². The third-order valence-corrected chi connectivity index (χ3v) is 2.10. The molecule has 0 saturated heterocycles. The van der Waals surface area contributed by atoms with E-state index < -0.39 is 31.0 Å². The minimum absolute atomic E-state index is 0.0771. The predicted octanol–water partition coefficient (Wildman–Crippen LogP) is -1.57. The zero-order chi connectivity index (χ0) is 15.9. The topological polar surface area (TPSA) is 133 Å². The summed E-state index contributed by atoms with van der Waals surface area (Å²) in [5.41, 5.74) is 4.95. The van der Waals surface area contributed by atoms with Crippen molar-refractivity contribution in [2.75, 3.05) is 26.7 Å². The van der Waals surface area contributed by atoms with Crippen molar-refractivity contribution < 1.29 is 24.3 Å². The maximum absolute atomic E-state index is 11.9. The first-order valence-corrected chi connectivity index (χ1v) is 5.93. The molecule has 9 heteroatoms. The Hall–Kier alpha value is -2.32. The van der Waals surface area contributed by atoms with Crippen molar-refractivity contribution in [2.24, 2.45) is 5.73 Å². The highest BCUT2D eigenvalue weighted by Gasteiger charge is 2.23. The highest BCUT2D eigenvalue weighted by molar-refractivity contribution is 5.88. The van der Waals surface area contributed by atoms with Gasteiger partial charge in [0, 0.05) is 13.1 Å². The normalized spacial score (nSPS) is 10.0. The third kappa shape index (κ3) is 7.19. The number of carbonyl (C=O) groups is 4. The number of hydrogen-bond donors (Lipinski definition) is 3. The van der Waals surface area contributed by atoms with Crippen LogP contribution in [-0.4, -0.2) is 71.4 Å². The Bertz CT molecular complexity index is 380. The van der Waals surface area contributed by atoms with E-state index in [-0.39, 0.29) is 18.5 Å². The van der Waals surface area contributed by atoms with Crippen LogP contribution in [0.15, 0.2) is 0 Å². The van der Waals surface area contributed by atoms with Crippen LogP contribution in [0.3, 0.4) is 0 Å². The molecule has 0 saturated carbocycles. The molecule has 114 valence electrons. The number of primary amides is 1. The van der Waals surface area contributed by atoms with Crippen LogP contribution in [0, 0.1) is 0 Å². The van der Waals surface area contributed by atoms with E-state index in [0.717, 1.165) is 9.80 Å². The van der Waals surface area contributed by atoms with E-state index in [1.165, 1.54) is 7.05 Å². The lowest BCUT2D eigenvalue weighted by Crippen LogP contribution is -2.50. The first kappa shape index (κ1) is 17.7. The fourth-order valence-electron chi connectivity index (χ4n) is 1.43. The van der Waals surface area contributed by atoms with Crippen LogP contribution in [0.2, 0.25) is 0 Å². The third-order valence-electron chi connectivity index (χ3n) is 2.10. The molecule has 0 unspecified atom stereocenters. The van der Waals surface area contributed by atoms with Crippen molar-refractivity contribution in [1.29, 1.82) is 0 Å². The number of likely N-dealkylation sites (N-methyl/N-ethyl adjacent to an activating group) is 1. The van der Waals surface area contributed by atoms with Gasteiger partial charge in [-0.1, -0.05) is 0 Å². The molecule has 0 spiro atoms. The fourth-order valence-corrected chi connectivity index (χ4v) is 1.43. The van der Waals surface area contributed by atoms with Crippen LogP contribution >= 0.6 is 0 Å². The van der Waals surface area contributed by atoms with E-state index in [1.807, 2.05) is 0 Å². The van der Waals surface area contributed by atoms with Crippen molar-refractivity contribution in [2.45, 2.75) is 19.9 Å². The number of urea groups is 1. The summed E-state index contributed by atoms with van der Waals surface area (Å²) in [7, 11) is 1.33. The zero-order valence-corrected chi connectivity index (χ0v) is 11.8. The summed E-state index contributed by atoms with van der Waals surface area (Å²) in [6, 6.07) is -0.836. The first-order chi connectivity index (χ1) is 9.13. The van der Waals surface area contributed by atoms with E-state index >= 15 is 0 Å². The van der Waals surface area contributed by atoms with Gasteiger partial charge in [0.2, 0.25) is 11.8 Å². The molecular weight excluding hydrogens is 268 g/mol. The van der Waals surface area contributed by atoms with E-state index in [4.69, 9.17) is 10.8 Å². The largest absolute Gasteiger partial charge is 0.480 e. The molecule has 0 aromatic heterocycles. The number of nitrogens with two attached hydrogens (primary N) is 1. The zero-order valence-electron chi connectivity index (χ0n) is 11.8. The molecule has 0 heterocycles. The van der Waals surface area contributed by atoms with Gasteiger partial charge in [0.1, 0.15) is 19.6 Å². The van der Waals surface area contributed by atoms with Crippen LogP contribution < -0.4 is 11.1 Å². The number of aliphatic carboxylic acids is 1. The molecule has 0 radical (unpaired) electrons. The minimum Gasteiger partial charge on any atom is -0.480 e. The van der Waals surface area contributed by atoms with Gasteiger partial charge in [-0.25, -0.2) is 4.79 Å². The second-order valence-corrected chi connectivity index (χ2v) is 4.58. The number of amides is 4. The lowest BCUT2D eigenvalue weighted by molar-refractivity contribution is -0.138. The number of carboxylic acid groups (broad SMARTS) is 1. The lowest BCUT2D eigenvalue weighted by atomic mass is 10.4. The molecular formula is C11H20N4O5. The number of nitrogens with one attached hydrogen (secondary N) is 1. The average Bonchev–Trinajstić information content (AvgIpc) is 2.24. The molecule has 0 atom stereocenters. The Morgan fingerprint density at radius 3 is 2.10 bits per heavy atom. The molecule has 20 heavy (non-hydrogen) atoms. The number of hydrogen-bond acceptors (Lipinski definition) is 4. The smallest absolute Gasteiger partial charge is 0.323 e. The Morgan fingerprint density at radius 1 is 1.15 bits per heavy atom. The molecule has 4 N–H and O–H groups in total. The van der Waals surface area contributed by atoms with Gasteiger partial charge in [-0.3, -0.25) is 14.4 Å². The van der Waals surface area contributed by atoms with Gasteiger partial charge in [0.15, 0.2) is 0 Å². The monoisotopic (exact) mass is 288 g/mol. The van der Waals surface area contributed by atoms with Crippen molar-refractivity contribution in [3.8, 4) is 0 Å². The molecule has 9 nitrogen and oxygen atoms in total. The van der Waals surface area contributed by atoms with Gasteiger partial charge in [-0.2, -0.15) is 0 Å².